The van der Waals surface area contributed by atoms with E-state index < -0.39 is 0 Å². The molecule has 1 aliphatic carbocycles. The van der Waals surface area contributed by atoms with E-state index in [1.54, 1.807) is 0 Å². The van der Waals surface area contributed by atoms with Gasteiger partial charge in [-0.1, -0.05) is 42.1 Å². The van der Waals surface area contributed by atoms with Crippen LogP contribution in [-0.2, 0) is 24.2 Å². The predicted molar refractivity (Wildman–Crippen MR) is 95.1 cm³/mol. The number of carbonyl (C=O) groups is 1. The van der Waals surface area contributed by atoms with Gasteiger partial charge in [-0.05, 0) is 38.2 Å². The minimum atomic E-state index is -0.321. The minimum absolute atomic E-state index is 0.0564. The van der Waals surface area contributed by atoms with E-state index in [0.717, 1.165) is 42.5 Å². The van der Waals surface area contributed by atoms with Gasteiger partial charge in [0.1, 0.15) is 0 Å². The fourth-order valence-corrected chi connectivity index (χ4v) is 3.63. The van der Waals surface area contributed by atoms with Gasteiger partial charge in [-0.25, -0.2) is 4.98 Å². The van der Waals surface area contributed by atoms with E-state index in [2.05, 4.69) is 15.3 Å². The quantitative estimate of drug-likeness (QED) is 0.646. The Hall–Kier alpha value is -2.08. The predicted octanol–water partition coefficient (Wildman–Crippen LogP) is 2.45. The molecule has 0 aliphatic heterocycles. The van der Waals surface area contributed by atoms with Gasteiger partial charge in [-0.2, -0.15) is 0 Å². The van der Waals surface area contributed by atoms with Gasteiger partial charge in [0.15, 0.2) is 5.16 Å². The maximum absolute atomic E-state index is 12.2. The number of nitrogens with one attached hydrogen (secondary N) is 2. The number of amides is 1. The second kappa shape index (κ2) is 7.66. The molecule has 126 valence electrons. The highest BCUT2D eigenvalue weighted by Crippen LogP contribution is 2.22. The number of hydrogen-bond acceptors (Lipinski definition) is 4. The van der Waals surface area contributed by atoms with Gasteiger partial charge in [-0.3, -0.25) is 9.59 Å². The summed E-state index contributed by atoms with van der Waals surface area (Å²) in [6, 6.07) is 9.78. The van der Waals surface area contributed by atoms with Crippen molar-refractivity contribution in [3.8, 4) is 0 Å². The Morgan fingerprint density at radius 1 is 1.29 bits per heavy atom. The van der Waals surface area contributed by atoms with Crippen molar-refractivity contribution in [1.82, 2.24) is 15.3 Å². The van der Waals surface area contributed by atoms with Crippen LogP contribution in [0.4, 0.5) is 0 Å². The standard InChI is InChI=1S/C18H21N3O2S/c1-12(16(22)19-11-13-7-3-2-4-8-13)24-18-20-15-10-6-5-9-14(15)17(23)21-18/h2-4,7-8,12H,5-6,9-11H2,1H3,(H,19,22)(H,20,21,23)/t12-/m1/s1. The number of fused-ring (bicyclic) bond motifs is 1. The Kier molecular flexibility index (Phi) is 5.35. The van der Waals surface area contributed by atoms with Crippen LogP contribution in [0.25, 0.3) is 0 Å². The van der Waals surface area contributed by atoms with Gasteiger partial charge in [-0.15, -0.1) is 0 Å². The average molecular weight is 343 g/mol. The maximum atomic E-state index is 12.2. The number of thioether (sulfide) groups is 1. The Bertz CT molecular complexity index is 774. The van der Waals surface area contributed by atoms with Crippen LogP contribution in [0, 0.1) is 0 Å². The lowest BCUT2D eigenvalue weighted by molar-refractivity contribution is -0.120. The van der Waals surface area contributed by atoms with E-state index in [0.29, 0.717) is 11.7 Å². The number of rotatable bonds is 5. The number of aromatic amines is 1. The summed E-state index contributed by atoms with van der Waals surface area (Å²) < 4.78 is 0. The van der Waals surface area contributed by atoms with Gasteiger partial charge in [0.25, 0.3) is 5.56 Å². The molecule has 0 unspecified atom stereocenters. The molecule has 0 saturated carbocycles. The Labute approximate surface area is 145 Å². The summed E-state index contributed by atoms with van der Waals surface area (Å²) in [7, 11) is 0. The average Bonchev–Trinajstić information content (AvgIpc) is 2.60. The van der Waals surface area contributed by atoms with E-state index in [1.165, 1.54) is 11.8 Å². The minimum Gasteiger partial charge on any atom is -0.351 e. The zero-order valence-corrected chi connectivity index (χ0v) is 14.5. The van der Waals surface area contributed by atoms with E-state index in [1.807, 2.05) is 37.3 Å². The van der Waals surface area contributed by atoms with E-state index in [4.69, 9.17) is 0 Å². The Morgan fingerprint density at radius 3 is 2.83 bits per heavy atom. The Morgan fingerprint density at radius 2 is 2.04 bits per heavy atom. The van der Waals surface area contributed by atoms with Crippen molar-refractivity contribution < 1.29 is 4.79 Å². The third-order valence-corrected chi connectivity index (χ3v) is 5.12. The molecule has 24 heavy (non-hydrogen) atoms. The highest BCUT2D eigenvalue weighted by atomic mass is 32.2. The number of hydrogen-bond donors (Lipinski definition) is 2. The van der Waals surface area contributed by atoms with Crippen LogP contribution in [-0.4, -0.2) is 21.1 Å². The van der Waals surface area contributed by atoms with Crippen LogP contribution in [0.3, 0.4) is 0 Å². The molecule has 0 saturated heterocycles. The lowest BCUT2D eigenvalue weighted by Crippen LogP contribution is -2.31. The highest BCUT2D eigenvalue weighted by molar-refractivity contribution is 8.00. The second-order valence-electron chi connectivity index (χ2n) is 5.97. The van der Waals surface area contributed by atoms with Crippen molar-refractivity contribution in [2.24, 2.45) is 0 Å². The summed E-state index contributed by atoms with van der Waals surface area (Å²) in [6.45, 7) is 2.32. The van der Waals surface area contributed by atoms with Gasteiger partial charge in [0.05, 0.1) is 10.9 Å². The Balaban J connectivity index is 1.62. The van der Waals surface area contributed by atoms with Crippen LogP contribution in [0.2, 0.25) is 0 Å². The molecule has 1 amide bonds. The largest absolute Gasteiger partial charge is 0.351 e. The summed E-state index contributed by atoms with van der Waals surface area (Å²) in [4.78, 5) is 31.7. The number of H-pyrrole nitrogens is 1. The first-order valence-corrected chi connectivity index (χ1v) is 9.12. The first-order chi connectivity index (χ1) is 11.6. The zero-order valence-electron chi connectivity index (χ0n) is 13.7. The first kappa shape index (κ1) is 16.8. The second-order valence-corrected chi connectivity index (χ2v) is 7.30. The molecule has 1 heterocycles. The zero-order chi connectivity index (χ0) is 16.9. The van der Waals surface area contributed by atoms with Crippen molar-refractivity contribution in [3.05, 3.63) is 57.5 Å². The molecule has 0 bridgehead atoms. The van der Waals surface area contributed by atoms with E-state index in [9.17, 15) is 9.59 Å². The summed E-state index contributed by atoms with van der Waals surface area (Å²) >= 11 is 1.30. The molecule has 0 fully saturated rings. The fraction of sp³-hybridized carbons (Fsp3) is 0.389. The molecule has 1 aromatic heterocycles. The molecule has 6 heteroatoms. The van der Waals surface area contributed by atoms with Crippen LogP contribution < -0.4 is 10.9 Å². The summed E-state index contributed by atoms with van der Waals surface area (Å²) in [5, 5.41) is 3.13. The van der Waals surface area contributed by atoms with Crippen molar-refractivity contribution in [2.45, 2.75) is 49.6 Å². The normalized spacial score (nSPS) is 14.7. The van der Waals surface area contributed by atoms with Crippen molar-refractivity contribution >= 4 is 17.7 Å². The van der Waals surface area contributed by atoms with Crippen LogP contribution in [0.15, 0.2) is 40.3 Å². The summed E-state index contributed by atoms with van der Waals surface area (Å²) in [6.07, 6.45) is 3.76. The van der Waals surface area contributed by atoms with Crippen LogP contribution in [0.5, 0.6) is 0 Å². The smallest absolute Gasteiger partial charge is 0.254 e. The number of aryl methyl sites for hydroxylation is 1. The molecule has 0 spiro atoms. The van der Waals surface area contributed by atoms with Gasteiger partial charge >= 0.3 is 0 Å². The molecule has 5 nitrogen and oxygen atoms in total. The molecule has 2 N–H and O–H groups in total. The maximum Gasteiger partial charge on any atom is 0.254 e. The molecule has 1 aliphatic rings. The van der Waals surface area contributed by atoms with Gasteiger partial charge < -0.3 is 10.3 Å². The molecule has 2 aromatic rings. The SMILES string of the molecule is C[C@@H](Sc1nc2c(c(=O)[nH]1)CCCC2)C(=O)NCc1ccccc1. The molecular formula is C18H21N3O2S. The molecule has 0 radical (unpaired) electrons. The lowest BCUT2D eigenvalue weighted by atomic mass is 9.97. The molecule has 1 atom stereocenters. The first-order valence-electron chi connectivity index (χ1n) is 8.24. The molecular weight excluding hydrogens is 322 g/mol. The third-order valence-electron chi connectivity index (χ3n) is 4.14. The third kappa shape index (κ3) is 4.06. The fourth-order valence-electron chi connectivity index (χ4n) is 2.79. The number of nitrogens with zero attached hydrogens (tertiary/aromatic N) is 1. The number of carbonyl (C=O) groups excluding carboxylic acids is 1. The number of aromatic nitrogens is 2. The van der Waals surface area contributed by atoms with E-state index in [-0.39, 0.29) is 16.7 Å². The molecule has 1 aromatic carbocycles. The van der Waals surface area contributed by atoms with Crippen molar-refractivity contribution in [3.63, 3.8) is 0 Å². The van der Waals surface area contributed by atoms with Crippen molar-refractivity contribution in [1.29, 1.82) is 0 Å². The van der Waals surface area contributed by atoms with Gasteiger partial charge in [0.2, 0.25) is 5.91 Å². The van der Waals surface area contributed by atoms with Crippen LogP contribution >= 0.6 is 11.8 Å². The van der Waals surface area contributed by atoms with Gasteiger partial charge in [0, 0.05) is 12.1 Å². The lowest BCUT2D eigenvalue weighted by Gasteiger charge is -2.16. The summed E-state index contributed by atoms with van der Waals surface area (Å²) in [5.74, 6) is -0.0655. The topological polar surface area (TPSA) is 74.8 Å². The van der Waals surface area contributed by atoms with E-state index >= 15 is 0 Å². The monoisotopic (exact) mass is 343 g/mol. The number of benzene rings is 1. The van der Waals surface area contributed by atoms with Crippen molar-refractivity contribution in [2.75, 3.05) is 0 Å². The van der Waals surface area contributed by atoms with Crippen LogP contribution in [0.1, 0.15) is 36.6 Å². The summed E-state index contributed by atoms with van der Waals surface area (Å²) in [5.41, 5.74) is 2.71. The highest BCUT2D eigenvalue weighted by Gasteiger charge is 2.19. The molecule has 3 rings (SSSR count).